The van der Waals surface area contributed by atoms with E-state index in [2.05, 4.69) is 45.0 Å². The third-order valence-electron chi connectivity index (χ3n) is 4.41. The summed E-state index contributed by atoms with van der Waals surface area (Å²) >= 11 is 0. The van der Waals surface area contributed by atoms with Gasteiger partial charge in [-0.05, 0) is 45.8 Å². The molecule has 0 aromatic heterocycles. The second-order valence-electron chi connectivity index (χ2n) is 5.98. The molecule has 110 valence electrons. The van der Waals surface area contributed by atoms with E-state index in [1.165, 1.54) is 5.56 Å². The number of rotatable bonds is 6. The molecule has 0 unspecified atom stereocenters. The molecule has 3 heteroatoms. The maximum absolute atomic E-state index is 13.0. The van der Waals surface area contributed by atoms with Crippen molar-refractivity contribution in [2.24, 2.45) is 5.92 Å². The summed E-state index contributed by atoms with van der Waals surface area (Å²) in [5.74, 6) is 0.744. The lowest BCUT2D eigenvalue weighted by molar-refractivity contribution is -0.134. The van der Waals surface area contributed by atoms with Crippen LogP contribution in [0.15, 0.2) is 30.3 Å². The summed E-state index contributed by atoms with van der Waals surface area (Å²) in [5, 5.41) is 0. The predicted octanol–water partition coefficient (Wildman–Crippen LogP) is 2.37. The third kappa shape index (κ3) is 2.59. The zero-order chi connectivity index (χ0) is 14.8. The highest BCUT2D eigenvalue weighted by Gasteiger charge is 2.61. The van der Waals surface area contributed by atoms with E-state index in [-0.39, 0.29) is 5.41 Å². The van der Waals surface area contributed by atoms with E-state index >= 15 is 0 Å². The van der Waals surface area contributed by atoms with Crippen LogP contribution in [-0.4, -0.2) is 49.4 Å². The van der Waals surface area contributed by atoms with E-state index in [9.17, 15) is 4.79 Å². The number of likely N-dealkylation sites (N-methyl/N-ethyl adjacent to an activating group) is 1. The van der Waals surface area contributed by atoms with Crippen LogP contribution in [0.3, 0.4) is 0 Å². The Morgan fingerprint density at radius 1 is 1.20 bits per heavy atom. The van der Waals surface area contributed by atoms with Gasteiger partial charge in [-0.3, -0.25) is 4.79 Å². The summed E-state index contributed by atoms with van der Waals surface area (Å²) in [6.45, 7) is 6.67. The van der Waals surface area contributed by atoms with E-state index in [4.69, 9.17) is 0 Å². The maximum Gasteiger partial charge on any atom is 0.233 e. The minimum atomic E-state index is -0.280. The molecule has 0 saturated heterocycles. The van der Waals surface area contributed by atoms with Crippen LogP contribution in [0.5, 0.6) is 0 Å². The van der Waals surface area contributed by atoms with Gasteiger partial charge in [0, 0.05) is 19.6 Å². The molecule has 0 heterocycles. The minimum absolute atomic E-state index is 0.280. The van der Waals surface area contributed by atoms with Crippen LogP contribution in [-0.2, 0) is 10.2 Å². The molecular weight excluding hydrogens is 248 g/mol. The summed E-state index contributed by atoms with van der Waals surface area (Å²) in [6.07, 6.45) is 0.977. The van der Waals surface area contributed by atoms with E-state index < -0.39 is 0 Å². The van der Waals surface area contributed by atoms with Crippen molar-refractivity contribution in [3.8, 4) is 0 Å². The highest BCUT2D eigenvalue weighted by Crippen LogP contribution is 2.55. The van der Waals surface area contributed by atoms with Crippen molar-refractivity contribution in [1.29, 1.82) is 0 Å². The Labute approximate surface area is 122 Å². The number of hydrogen-bond acceptors (Lipinski definition) is 2. The summed E-state index contributed by atoms with van der Waals surface area (Å²) in [5.41, 5.74) is 0.904. The molecule has 1 amide bonds. The maximum atomic E-state index is 13.0. The molecule has 3 nitrogen and oxygen atoms in total. The second kappa shape index (κ2) is 5.96. The monoisotopic (exact) mass is 274 g/mol. The van der Waals surface area contributed by atoms with Gasteiger partial charge in [-0.25, -0.2) is 0 Å². The molecule has 2 rings (SSSR count). The van der Waals surface area contributed by atoms with Crippen LogP contribution >= 0.6 is 0 Å². The number of carbonyl (C=O) groups excluding carboxylic acids is 1. The average Bonchev–Trinajstić information content (AvgIpc) is 3.15. The van der Waals surface area contributed by atoms with Crippen molar-refractivity contribution in [2.75, 3.05) is 33.7 Å². The molecule has 1 aromatic carbocycles. The first kappa shape index (κ1) is 15.0. The lowest BCUT2D eigenvalue weighted by Crippen LogP contribution is -2.41. The molecule has 1 aliphatic carbocycles. The van der Waals surface area contributed by atoms with Crippen molar-refractivity contribution >= 4 is 5.91 Å². The van der Waals surface area contributed by atoms with Gasteiger partial charge in [-0.1, -0.05) is 30.3 Å². The Morgan fingerprint density at radius 2 is 1.80 bits per heavy atom. The number of carbonyl (C=O) groups is 1. The first-order valence-corrected chi connectivity index (χ1v) is 7.55. The van der Waals surface area contributed by atoms with Crippen molar-refractivity contribution in [1.82, 2.24) is 9.80 Å². The Morgan fingerprint density at radius 3 is 2.30 bits per heavy atom. The molecule has 0 spiro atoms. The van der Waals surface area contributed by atoms with Crippen LogP contribution in [0, 0.1) is 5.92 Å². The molecule has 0 radical (unpaired) electrons. The first-order chi connectivity index (χ1) is 9.56. The lowest BCUT2D eigenvalue weighted by Gasteiger charge is -2.27. The minimum Gasteiger partial charge on any atom is -0.342 e. The van der Waals surface area contributed by atoms with Crippen molar-refractivity contribution in [3.63, 3.8) is 0 Å². The van der Waals surface area contributed by atoms with Crippen LogP contribution < -0.4 is 0 Å². The van der Waals surface area contributed by atoms with Crippen LogP contribution in [0.1, 0.15) is 25.8 Å². The van der Waals surface area contributed by atoms with Gasteiger partial charge in [0.15, 0.2) is 0 Å². The molecule has 1 saturated carbocycles. The smallest absolute Gasteiger partial charge is 0.233 e. The Balaban J connectivity index is 2.30. The normalized spacial score (nSPS) is 24.8. The highest BCUT2D eigenvalue weighted by molar-refractivity contribution is 5.92. The zero-order valence-electron chi connectivity index (χ0n) is 13.1. The third-order valence-corrected chi connectivity index (χ3v) is 4.41. The second-order valence-corrected chi connectivity index (χ2v) is 5.98. The highest BCUT2D eigenvalue weighted by atomic mass is 16.2. The number of benzene rings is 1. The fraction of sp³-hybridized carbons (Fsp3) is 0.588. The van der Waals surface area contributed by atoms with Crippen LogP contribution in [0.2, 0.25) is 0 Å². The predicted molar refractivity (Wildman–Crippen MR) is 82.7 cm³/mol. The van der Waals surface area contributed by atoms with Gasteiger partial charge in [-0.2, -0.15) is 0 Å². The summed E-state index contributed by atoms with van der Waals surface area (Å²) < 4.78 is 0. The summed E-state index contributed by atoms with van der Waals surface area (Å²) in [7, 11) is 4.16. The number of amides is 1. The van der Waals surface area contributed by atoms with Gasteiger partial charge in [0.25, 0.3) is 0 Å². The molecule has 0 aliphatic heterocycles. The van der Waals surface area contributed by atoms with Crippen molar-refractivity contribution in [3.05, 3.63) is 35.9 Å². The van der Waals surface area contributed by atoms with Crippen LogP contribution in [0.4, 0.5) is 0 Å². The van der Waals surface area contributed by atoms with Gasteiger partial charge in [0.2, 0.25) is 5.91 Å². The zero-order valence-corrected chi connectivity index (χ0v) is 13.1. The lowest BCUT2D eigenvalue weighted by atomic mass is 9.91. The molecule has 0 bridgehead atoms. The largest absolute Gasteiger partial charge is 0.342 e. The molecule has 1 fully saturated rings. The Bertz CT molecular complexity index is 453. The SMILES string of the molecule is CCN(CC)C(=O)[C@]1(c2ccccc2)C[C@@H]1CN(C)C. The first-order valence-electron chi connectivity index (χ1n) is 7.55. The Hall–Kier alpha value is -1.35. The molecule has 1 aliphatic rings. The molecule has 1 aromatic rings. The van der Waals surface area contributed by atoms with E-state index in [0.29, 0.717) is 11.8 Å². The van der Waals surface area contributed by atoms with E-state index in [1.54, 1.807) is 0 Å². The molecular formula is C17H26N2O. The fourth-order valence-corrected chi connectivity index (χ4v) is 3.26. The van der Waals surface area contributed by atoms with Gasteiger partial charge in [-0.15, -0.1) is 0 Å². The van der Waals surface area contributed by atoms with Crippen molar-refractivity contribution < 1.29 is 4.79 Å². The molecule has 20 heavy (non-hydrogen) atoms. The summed E-state index contributed by atoms with van der Waals surface area (Å²) in [4.78, 5) is 17.1. The Kier molecular flexibility index (Phi) is 4.48. The van der Waals surface area contributed by atoms with E-state index in [1.807, 2.05) is 23.1 Å². The van der Waals surface area contributed by atoms with Crippen LogP contribution in [0.25, 0.3) is 0 Å². The van der Waals surface area contributed by atoms with Gasteiger partial charge in [0.1, 0.15) is 0 Å². The van der Waals surface area contributed by atoms with E-state index in [0.717, 1.165) is 26.1 Å². The summed E-state index contributed by atoms with van der Waals surface area (Å²) in [6, 6.07) is 10.3. The van der Waals surface area contributed by atoms with Gasteiger partial charge in [0.05, 0.1) is 5.41 Å². The topological polar surface area (TPSA) is 23.6 Å². The quantitative estimate of drug-likeness (QED) is 0.795. The average molecular weight is 274 g/mol. The molecule has 2 atom stereocenters. The fourth-order valence-electron chi connectivity index (χ4n) is 3.26. The number of hydrogen-bond donors (Lipinski definition) is 0. The van der Waals surface area contributed by atoms with Crippen molar-refractivity contribution in [2.45, 2.75) is 25.7 Å². The van der Waals surface area contributed by atoms with Gasteiger partial charge >= 0.3 is 0 Å². The van der Waals surface area contributed by atoms with Gasteiger partial charge < -0.3 is 9.80 Å². The number of nitrogens with zero attached hydrogens (tertiary/aromatic N) is 2. The molecule has 0 N–H and O–H groups in total. The standard InChI is InChI=1S/C17H26N2O/c1-5-19(6-2)16(20)17(12-15(17)13-18(3)4)14-10-8-7-9-11-14/h7-11,15H,5-6,12-13H2,1-4H3/t15-,17+/m1/s1.